The van der Waals surface area contributed by atoms with E-state index in [1.54, 1.807) is 19.1 Å². The van der Waals surface area contributed by atoms with Crippen molar-refractivity contribution in [1.29, 1.82) is 5.26 Å². The van der Waals surface area contributed by atoms with Crippen molar-refractivity contribution in [2.75, 3.05) is 32.9 Å². The maximum absolute atomic E-state index is 12.7. The number of nitrogens with zero attached hydrogens (tertiary/aromatic N) is 4. The summed E-state index contributed by atoms with van der Waals surface area (Å²) in [5.74, 6) is -2.16. The Labute approximate surface area is 185 Å². The van der Waals surface area contributed by atoms with Gasteiger partial charge in [0.25, 0.3) is 5.91 Å². The highest BCUT2D eigenvalue weighted by molar-refractivity contribution is 5.95. The van der Waals surface area contributed by atoms with Crippen LogP contribution in [-0.4, -0.2) is 71.1 Å². The molecule has 0 unspecified atom stereocenters. The fourth-order valence-electron chi connectivity index (χ4n) is 3.61. The molecule has 176 valence electrons. The SMILES string of the molecule is Cc1nocc1C(=O)N1C[C@@H]2COC[C@]2(COc2ccc(C#N)cn2)C1.O=C(O)C(F)(F)F. The maximum Gasteiger partial charge on any atom is 0.490 e. The third kappa shape index (κ3) is 5.40. The molecule has 2 saturated heterocycles. The molecule has 2 aliphatic heterocycles. The van der Waals surface area contributed by atoms with Crippen molar-refractivity contribution in [3.63, 3.8) is 0 Å². The van der Waals surface area contributed by atoms with Gasteiger partial charge >= 0.3 is 12.1 Å². The predicted molar refractivity (Wildman–Crippen MR) is 102 cm³/mol. The van der Waals surface area contributed by atoms with Gasteiger partial charge in [-0.15, -0.1) is 0 Å². The Morgan fingerprint density at radius 1 is 1.42 bits per heavy atom. The van der Waals surface area contributed by atoms with Crippen molar-refractivity contribution in [2.24, 2.45) is 11.3 Å². The molecule has 4 rings (SSSR count). The summed E-state index contributed by atoms with van der Waals surface area (Å²) in [6, 6.07) is 5.38. The monoisotopic (exact) mass is 468 g/mol. The standard InChI is InChI=1S/C18H18N4O4.C2HF3O2/c1-12-15(8-26-21-12)17(23)22-6-14-7-24-10-18(14,9-22)11-25-16-3-2-13(4-19)5-20-16;3-2(4,5)1(6)7/h2-3,5,8,14H,6-7,9-11H2,1H3;(H,6,7)/t14-,18+;/m1./s1. The molecule has 0 spiro atoms. The second-order valence-corrected chi connectivity index (χ2v) is 7.66. The molecule has 33 heavy (non-hydrogen) atoms. The number of fused-ring (bicyclic) bond motifs is 1. The number of likely N-dealkylation sites (tertiary alicyclic amines) is 1. The van der Waals surface area contributed by atoms with E-state index in [0.29, 0.717) is 55.6 Å². The topological polar surface area (TPSA) is 139 Å². The van der Waals surface area contributed by atoms with E-state index in [4.69, 9.17) is 29.2 Å². The summed E-state index contributed by atoms with van der Waals surface area (Å²) in [5.41, 5.74) is 1.32. The Bertz CT molecular complexity index is 1050. The van der Waals surface area contributed by atoms with Crippen LogP contribution in [0.2, 0.25) is 0 Å². The van der Waals surface area contributed by atoms with Gasteiger partial charge in [0.05, 0.1) is 36.5 Å². The van der Waals surface area contributed by atoms with Crippen LogP contribution in [0.3, 0.4) is 0 Å². The largest absolute Gasteiger partial charge is 0.490 e. The zero-order chi connectivity index (χ0) is 24.2. The van der Waals surface area contributed by atoms with Crippen molar-refractivity contribution in [2.45, 2.75) is 13.1 Å². The molecule has 0 bridgehead atoms. The fraction of sp³-hybridized carbons (Fsp3) is 0.450. The molecule has 2 aromatic heterocycles. The van der Waals surface area contributed by atoms with Crippen LogP contribution >= 0.6 is 0 Å². The summed E-state index contributed by atoms with van der Waals surface area (Å²) in [7, 11) is 0. The first-order chi connectivity index (χ1) is 15.6. The fourth-order valence-corrected chi connectivity index (χ4v) is 3.61. The van der Waals surface area contributed by atoms with Gasteiger partial charge in [0.1, 0.15) is 17.9 Å². The molecule has 0 radical (unpaired) electrons. The van der Waals surface area contributed by atoms with Gasteiger partial charge in [-0.2, -0.15) is 18.4 Å². The van der Waals surface area contributed by atoms with E-state index >= 15 is 0 Å². The Kier molecular flexibility index (Phi) is 6.87. The minimum atomic E-state index is -5.08. The van der Waals surface area contributed by atoms with E-state index in [1.807, 2.05) is 11.0 Å². The number of aryl methyl sites for hydroxylation is 1. The van der Waals surface area contributed by atoms with Crippen molar-refractivity contribution < 1.29 is 41.9 Å². The number of aliphatic carboxylic acids is 1. The molecule has 13 heteroatoms. The molecule has 0 aromatic carbocycles. The summed E-state index contributed by atoms with van der Waals surface area (Å²) in [5, 5.41) is 19.7. The molecule has 2 atom stereocenters. The van der Waals surface area contributed by atoms with Crippen LogP contribution in [0, 0.1) is 29.6 Å². The Morgan fingerprint density at radius 3 is 2.70 bits per heavy atom. The molecule has 1 amide bonds. The van der Waals surface area contributed by atoms with Crippen molar-refractivity contribution in [3.05, 3.63) is 41.4 Å². The zero-order valence-corrected chi connectivity index (χ0v) is 17.3. The average Bonchev–Trinajstić information content (AvgIpc) is 3.46. The Balaban J connectivity index is 0.000000383. The normalized spacial score (nSPS) is 21.5. The van der Waals surface area contributed by atoms with Crippen LogP contribution in [0.4, 0.5) is 13.2 Å². The number of hydrogen-bond acceptors (Lipinski definition) is 8. The molecule has 4 heterocycles. The predicted octanol–water partition coefficient (Wildman–Crippen LogP) is 2.05. The summed E-state index contributed by atoms with van der Waals surface area (Å²) in [6.45, 7) is 4.48. The molecular weight excluding hydrogens is 449 g/mol. The Hall–Kier alpha value is -3.66. The smallest absolute Gasteiger partial charge is 0.477 e. The van der Waals surface area contributed by atoms with Gasteiger partial charge in [0, 0.05) is 31.3 Å². The highest BCUT2D eigenvalue weighted by Gasteiger charge is 2.52. The van der Waals surface area contributed by atoms with Crippen LogP contribution in [0.25, 0.3) is 0 Å². The zero-order valence-electron chi connectivity index (χ0n) is 17.3. The number of aromatic nitrogens is 2. The first-order valence-electron chi connectivity index (χ1n) is 9.63. The number of nitriles is 1. The van der Waals surface area contributed by atoms with E-state index in [0.717, 1.165) is 0 Å². The number of carbonyl (C=O) groups excluding carboxylic acids is 1. The highest BCUT2D eigenvalue weighted by atomic mass is 19.4. The molecule has 2 aromatic rings. The van der Waals surface area contributed by atoms with Crippen molar-refractivity contribution in [3.8, 4) is 11.9 Å². The number of carboxylic acid groups (broad SMARTS) is 1. The average molecular weight is 468 g/mol. The second kappa shape index (κ2) is 9.45. The highest BCUT2D eigenvalue weighted by Crippen LogP contribution is 2.42. The van der Waals surface area contributed by atoms with Gasteiger partial charge < -0.3 is 24.0 Å². The molecule has 10 nitrogen and oxygen atoms in total. The van der Waals surface area contributed by atoms with Crippen LogP contribution < -0.4 is 4.74 Å². The minimum Gasteiger partial charge on any atom is -0.477 e. The van der Waals surface area contributed by atoms with Gasteiger partial charge in [-0.25, -0.2) is 9.78 Å². The van der Waals surface area contributed by atoms with Crippen LogP contribution in [-0.2, 0) is 9.53 Å². The van der Waals surface area contributed by atoms with Gasteiger partial charge in [-0.05, 0) is 13.0 Å². The first kappa shape index (κ1) is 24.0. The maximum atomic E-state index is 12.7. The lowest BCUT2D eigenvalue weighted by Gasteiger charge is -2.26. The molecule has 2 fully saturated rings. The Morgan fingerprint density at radius 2 is 2.15 bits per heavy atom. The van der Waals surface area contributed by atoms with Gasteiger partial charge in [0.2, 0.25) is 5.88 Å². The number of halogens is 3. The third-order valence-electron chi connectivity index (χ3n) is 5.40. The second-order valence-electron chi connectivity index (χ2n) is 7.66. The number of amides is 1. The van der Waals surface area contributed by atoms with Crippen LogP contribution in [0.5, 0.6) is 5.88 Å². The van der Waals surface area contributed by atoms with Crippen LogP contribution in [0.1, 0.15) is 21.6 Å². The molecule has 2 aliphatic rings. The summed E-state index contributed by atoms with van der Waals surface area (Å²) < 4.78 is 48.2. The van der Waals surface area contributed by atoms with Crippen molar-refractivity contribution in [1.82, 2.24) is 15.0 Å². The number of hydrogen-bond donors (Lipinski definition) is 1. The van der Waals surface area contributed by atoms with Gasteiger partial charge in [0.15, 0.2) is 0 Å². The number of pyridine rings is 1. The van der Waals surface area contributed by atoms with E-state index < -0.39 is 12.1 Å². The summed E-state index contributed by atoms with van der Waals surface area (Å²) in [4.78, 5) is 27.6. The van der Waals surface area contributed by atoms with E-state index in [2.05, 4.69) is 10.1 Å². The van der Waals surface area contributed by atoms with Gasteiger partial charge in [-0.3, -0.25) is 4.79 Å². The number of alkyl halides is 3. The number of ether oxygens (including phenoxy) is 2. The lowest BCUT2D eigenvalue weighted by Crippen LogP contribution is -2.38. The molecule has 1 N–H and O–H groups in total. The van der Waals surface area contributed by atoms with E-state index in [-0.39, 0.29) is 17.2 Å². The number of carbonyl (C=O) groups is 2. The minimum absolute atomic E-state index is 0.0750. The summed E-state index contributed by atoms with van der Waals surface area (Å²) in [6.07, 6.45) is -2.21. The lowest BCUT2D eigenvalue weighted by molar-refractivity contribution is -0.192. The number of rotatable bonds is 4. The van der Waals surface area contributed by atoms with E-state index in [1.165, 1.54) is 12.5 Å². The van der Waals surface area contributed by atoms with Gasteiger partial charge in [-0.1, -0.05) is 5.16 Å². The van der Waals surface area contributed by atoms with E-state index in [9.17, 15) is 18.0 Å². The summed E-state index contributed by atoms with van der Waals surface area (Å²) >= 11 is 0. The third-order valence-corrected chi connectivity index (χ3v) is 5.40. The quantitative estimate of drug-likeness (QED) is 0.714. The lowest BCUT2D eigenvalue weighted by atomic mass is 9.82. The molecular formula is C20H19F3N4O6. The van der Waals surface area contributed by atoms with Crippen molar-refractivity contribution >= 4 is 11.9 Å². The molecule has 0 saturated carbocycles. The first-order valence-corrected chi connectivity index (χ1v) is 9.63. The van der Waals surface area contributed by atoms with Crippen LogP contribution in [0.15, 0.2) is 29.1 Å². The number of carboxylic acids is 1. The molecule has 0 aliphatic carbocycles.